The van der Waals surface area contributed by atoms with Crippen LogP contribution in [0.5, 0.6) is 0 Å². The molecule has 4 nitrogen and oxygen atoms in total. The minimum absolute atomic E-state index is 0.210. The van der Waals surface area contributed by atoms with Crippen molar-refractivity contribution in [2.45, 2.75) is 9.79 Å². The third-order valence-electron chi connectivity index (χ3n) is 5.06. The summed E-state index contributed by atoms with van der Waals surface area (Å²) in [5.41, 5.74) is 2.16. The third-order valence-corrected chi connectivity index (χ3v) is 6.41. The monoisotopic (exact) mass is 467 g/mol. The van der Waals surface area contributed by atoms with Crippen molar-refractivity contribution in [3.05, 3.63) is 124 Å². The van der Waals surface area contributed by atoms with E-state index in [2.05, 4.69) is 5.10 Å². The number of benzene rings is 4. The summed E-state index contributed by atoms with van der Waals surface area (Å²) in [7, 11) is 0. The van der Waals surface area contributed by atoms with Crippen molar-refractivity contribution >= 4 is 40.5 Å². The molecule has 0 bridgehead atoms. The molecule has 0 N–H and O–H groups in total. The van der Waals surface area contributed by atoms with E-state index < -0.39 is 0 Å². The molecule has 0 aliphatic carbocycles. The molecule has 160 valence electrons. The van der Waals surface area contributed by atoms with Crippen molar-refractivity contribution in [3.8, 4) is 11.4 Å². The maximum absolute atomic E-state index is 13.3. The fourth-order valence-corrected chi connectivity index (χ4v) is 4.47. The second-order valence-corrected chi connectivity index (χ2v) is 8.83. The van der Waals surface area contributed by atoms with Crippen LogP contribution in [0.15, 0.2) is 123 Å². The highest BCUT2D eigenvalue weighted by Crippen LogP contribution is 2.30. The standard InChI is InChI=1S/C27H18ClN3OS/c28-21-14-16-22(17-15-21)33-25-13-7-4-10-20(25)18-29-31-26(19-8-2-1-3-9-19)30-24-12-6-5-11-23(24)27(31)32/h1-18H. The Kier molecular flexibility index (Phi) is 6.07. The van der Waals surface area contributed by atoms with Crippen molar-refractivity contribution in [1.82, 2.24) is 9.66 Å². The molecule has 1 heterocycles. The maximum atomic E-state index is 13.3. The Labute approximate surface area is 200 Å². The Hall–Kier alpha value is -3.67. The van der Waals surface area contributed by atoms with Crippen LogP contribution in [0, 0.1) is 0 Å². The van der Waals surface area contributed by atoms with E-state index >= 15 is 0 Å². The van der Waals surface area contributed by atoms with Crippen LogP contribution in [-0.2, 0) is 0 Å². The molecule has 33 heavy (non-hydrogen) atoms. The number of rotatable bonds is 5. The summed E-state index contributed by atoms with van der Waals surface area (Å²) in [6.45, 7) is 0. The Morgan fingerprint density at radius 3 is 2.33 bits per heavy atom. The quantitative estimate of drug-likeness (QED) is 0.268. The average molecular weight is 468 g/mol. The number of nitrogens with zero attached hydrogens (tertiary/aromatic N) is 3. The molecule has 5 aromatic rings. The van der Waals surface area contributed by atoms with Crippen LogP contribution in [0.2, 0.25) is 5.02 Å². The second-order valence-electron chi connectivity index (χ2n) is 7.27. The van der Waals surface area contributed by atoms with E-state index in [0.717, 1.165) is 20.9 Å². The van der Waals surface area contributed by atoms with Crippen molar-refractivity contribution < 1.29 is 0 Å². The molecule has 0 radical (unpaired) electrons. The highest BCUT2D eigenvalue weighted by Gasteiger charge is 2.12. The van der Waals surface area contributed by atoms with Gasteiger partial charge in [0.1, 0.15) is 0 Å². The van der Waals surface area contributed by atoms with Gasteiger partial charge in [-0.1, -0.05) is 84.0 Å². The van der Waals surface area contributed by atoms with Crippen LogP contribution in [0.3, 0.4) is 0 Å². The SMILES string of the molecule is O=c1c2ccccc2nc(-c2ccccc2)n1N=Cc1ccccc1Sc1ccc(Cl)cc1. The number of para-hydroxylation sites is 1. The number of fused-ring (bicyclic) bond motifs is 1. The van der Waals surface area contributed by atoms with E-state index in [1.165, 1.54) is 4.68 Å². The zero-order chi connectivity index (χ0) is 22.6. The normalized spacial score (nSPS) is 11.3. The highest BCUT2D eigenvalue weighted by molar-refractivity contribution is 7.99. The molecule has 0 unspecified atom stereocenters. The lowest BCUT2D eigenvalue weighted by Gasteiger charge is -2.10. The molecule has 4 aromatic carbocycles. The van der Waals surface area contributed by atoms with Crippen LogP contribution in [0.25, 0.3) is 22.3 Å². The summed E-state index contributed by atoms with van der Waals surface area (Å²) >= 11 is 7.63. The van der Waals surface area contributed by atoms with E-state index in [4.69, 9.17) is 16.6 Å². The van der Waals surface area contributed by atoms with Gasteiger partial charge in [-0.2, -0.15) is 9.78 Å². The van der Waals surface area contributed by atoms with Crippen LogP contribution >= 0.6 is 23.4 Å². The summed E-state index contributed by atoms with van der Waals surface area (Å²) < 4.78 is 1.38. The van der Waals surface area contributed by atoms with Gasteiger partial charge in [-0.3, -0.25) is 4.79 Å². The smallest absolute Gasteiger partial charge is 0.267 e. The molecule has 6 heteroatoms. The lowest BCUT2D eigenvalue weighted by molar-refractivity contribution is 0.829. The molecule has 0 saturated heterocycles. The molecule has 0 saturated carbocycles. The van der Waals surface area contributed by atoms with Gasteiger partial charge in [-0.25, -0.2) is 4.98 Å². The number of aromatic nitrogens is 2. The summed E-state index contributed by atoms with van der Waals surface area (Å²) in [5.74, 6) is 0.499. The molecule has 0 aliphatic heterocycles. The average Bonchev–Trinajstić information content (AvgIpc) is 2.86. The largest absolute Gasteiger partial charge is 0.282 e. The number of hydrogen-bond donors (Lipinski definition) is 0. The summed E-state index contributed by atoms with van der Waals surface area (Å²) in [6, 6.07) is 32.6. The van der Waals surface area contributed by atoms with Crippen molar-refractivity contribution in [2.75, 3.05) is 0 Å². The molecule has 0 fully saturated rings. The molecule has 0 atom stereocenters. The Morgan fingerprint density at radius 1 is 0.818 bits per heavy atom. The van der Waals surface area contributed by atoms with Gasteiger partial charge in [0.25, 0.3) is 5.56 Å². The molecule has 5 rings (SSSR count). The Morgan fingerprint density at radius 2 is 1.52 bits per heavy atom. The van der Waals surface area contributed by atoms with Gasteiger partial charge in [0.05, 0.1) is 17.1 Å². The van der Waals surface area contributed by atoms with Gasteiger partial charge < -0.3 is 0 Å². The van der Waals surface area contributed by atoms with E-state index in [1.807, 2.05) is 97.1 Å². The van der Waals surface area contributed by atoms with E-state index in [0.29, 0.717) is 21.7 Å². The third kappa shape index (κ3) is 4.60. The predicted octanol–water partition coefficient (Wildman–Crippen LogP) is 6.75. The second kappa shape index (κ2) is 9.45. The molecule has 0 amide bonds. The van der Waals surface area contributed by atoms with Crippen LogP contribution in [-0.4, -0.2) is 15.9 Å². The van der Waals surface area contributed by atoms with Gasteiger partial charge in [0.15, 0.2) is 5.82 Å². The number of hydrogen-bond acceptors (Lipinski definition) is 4. The van der Waals surface area contributed by atoms with Gasteiger partial charge in [0, 0.05) is 25.9 Å². The van der Waals surface area contributed by atoms with Gasteiger partial charge >= 0.3 is 0 Å². The lowest BCUT2D eigenvalue weighted by atomic mass is 10.2. The molecule has 0 aliphatic rings. The lowest BCUT2D eigenvalue weighted by Crippen LogP contribution is -2.20. The first-order valence-corrected chi connectivity index (χ1v) is 11.5. The van der Waals surface area contributed by atoms with Crippen molar-refractivity contribution in [1.29, 1.82) is 0 Å². The predicted molar refractivity (Wildman–Crippen MR) is 136 cm³/mol. The molecule has 1 aromatic heterocycles. The number of halogens is 1. The summed E-state index contributed by atoms with van der Waals surface area (Å²) in [5, 5.41) is 5.83. The van der Waals surface area contributed by atoms with Crippen LogP contribution < -0.4 is 5.56 Å². The van der Waals surface area contributed by atoms with E-state index in [-0.39, 0.29) is 5.56 Å². The Balaban J connectivity index is 1.60. The van der Waals surface area contributed by atoms with Crippen LogP contribution in [0.4, 0.5) is 0 Å². The molecular weight excluding hydrogens is 450 g/mol. The highest BCUT2D eigenvalue weighted by atomic mass is 35.5. The van der Waals surface area contributed by atoms with Crippen LogP contribution in [0.1, 0.15) is 5.56 Å². The zero-order valence-electron chi connectivity index (χ0n) is 17.4. The zero-order valence-corrected chi connectivity index (χ0v) is 19.0. The van der Waals surface area contributed by atoms with E-state index in [1.54, 1.807) is 24.0 Å². The van der Waals surface area contributed by atoms with Gasteiger partial charge in [-0.15, -0.1) is 0 Å². The molecule has 0 spiro atoms. The first kappa shape index (κ1) is 21.2. The topological polar surface area (TPSA) is 47.2 Å². The first-order valence-electron chi connectivity index (χ1n) is 10.3. The van der Waals surface area contributed by atoms with Crippen molar-refractivity contribution in [3.63, 3.8) is 0 Å². The minimum atomic E-state index is -0.210. The molecular formula is C27H18ClN3OS. The van der Waals surface area contributed by atoms with Gasteiger partial charge in [-0.05, 0) is 42.5 Å². The van der Waals surface area contributed by atoms with Gasteiger partial charge in [0.2, 0.25) is 0 Å². The fraction of sp³-hybridized carbons (Fsp3) is 0. The summed E-state index contributed by atoms with van der Waals surface area (Å²) in [4.78, 5) is 20.2. The minimum Gasteiger partial charge on any atom is -0.267 e. The van der Waals surface area contributed by atoms with E-state index in [9.17, 15) is 4.79 Å². The summed E-state index contributed by atoms with van der Waals surface area (Å²) in [6.07, 6.45) is 1.71. The Bertz CT molecular complexity index is 1510. The fourth-order valence-electron chi connectivity index (χ4n) is 3.43. The first-order chi connectivity index (χ1) is 16.2. The maximum Gasteiger partial charge on any atom is 0.282 e. The van der Waals surface area contributed by atoms with Crippen molar-refractivity contribution in [2.24, 2.45) is 5.10 Å².